The number of nitrogens with one attached hydrogen (secondary N) is 1. The number of likely N-dealkylation sites (tertiary alicyclic amines) is 1. The Labute approximate surface area is 127 Å². The van der Waals surface area contributed by atoms with Crippen LogP contribution in [0.15, 0.2) is 18.2 Å². The molecular formula is C17H27N3O. The first-order valence-electron chi connectivity index (χ1n) is 7.93. The second kappa shape index (κ2) is 7.46. The molecule has 0 spiro atoms. The lowest BCUT2D eigenvalue weighted by molar-refractivity contribution is 0.0950. The number of nitrogen functional groups attached to an aromatic ring is 1. The van der Waals surface area contributed by atoms with E-state index in [2.05, 4.69) is 17.1 Å². The van der Waals surface area contributed by atoms with E-state index < -0.39 is 0 Å². The fraction of sp³-hybridized carbons (Fsp3) is 0.588. The van der Waals surface area contributed by atoms with Crippen LogP contribution < -0.4 is 11.1 Å². The first kappa shape index (κ1) is 15.8. The molecule has 0 bridgehead atoms. The topological polar surface area (TPSA) is 58.4 Å². The number of hydrogen-bond donors (Lipinski definition) is 2. The highest BCUT2D eigenvalue weighted by Gasteiger charge is 2.15. The summed E-state index contributed by atoms with van der Waals surface area (Å²) in [6, 6.07) is 5.46. The predicted octanol–water partition coefficient (Wildman–Crippen LogP) is 2.43. The molecule has 0 atom stereocenters. The maximum Gasteiger partial charge on any atom is 0.251 e. The summed E-state index contributed by atoms with van der Waals surface area (Å²) in [5.74, 6) is 0.835. The average molecular weight is 289 g/mol. The summed E-state index contributed by atoms with van der Waals surface area (Å²) < 4.78 is 0. The molecule has 0 aliphatic carbocycles. The standard InChI is InChI=1S/C17H27N3O/c1-13-6-10-20(11-7-13)9-3-8-19-17(21)15-5-4-14(2)16(18)12-15/h4-5,12-13H,3,6-11,18H2,1-2H3,(H,19,21). The highest BCUT2D eigenvalue weighted by molar-refractivity contribution is 5.95. The zero-order valence-electron chi connectivity index (χ0n) is 13.2. The van der Waals surface area contributed by atoms with Crippen LogP contribution in [0.5, 0.6) is 0 Å². The maximum atomic E-state index is 12.0. The van der Waals surface area contributed by atoms with Gasteiger partial charge in [-0.1, -0.05) is 13.0 Å². The van der Waals surface area contributed by atoms with Crippen LogP contribution in [0.1, 0.15) is 42.1 Å². The lowest BCUT2D eigenvalue weighted by atomic mass is 9.99. The number of amides is 1. The van der Waals surface area contributed by atoms with Crippen molar-refractivity contribution in [3.8, 4) is 0 Å². The molecule has 1 aliphatic heterocycles. The third-order valence-corrected chi connectivity index (χ3v) is 4.35. The zero-order chi connectivity index (χ0) is 15.2. The number of benzene rings is 1. The lowest BCUT2D eigenvalue weighted by Crippen LogP contribution is -2.35. The maximum absolute atomic E-state index is 12.0. The van der Waals surface area contributed by atoms with Crippen molar-refractivity contribution in [3.63, 3.8) is 0 Å². The number of rotatable bonds is 5. The number of anilines is 1. The summed E-state index contributed by atoms with van der Waals surface area (Å²) in [4.78, 5) is 14.5. The summed E-state index contributed by atoms with van der Waals surface area (Å²) >= 11 is 0. The van der Waals surface area contributed by atoms with Gasteiger partial charge in [0.2, 0.25) is 0 Å². The van der Waals surface area contributed by atoms with E-state index in [1.165, 1.54) is 25.9 Å². The molecule has 1 aromatic carbocycles. The molecule has 1 fully saturated rings. The van der Waals surface area contributed by atoms with E-state index in [4.69, 9.17) is 5.73 Å². The monoisotopic (exact) mass is 289 g/mol. The molecule has 2 rings (SSSR count). The van der Waals surface area contributed by atoms with Crippen LogP contribution in [0, 0.1) is 12.8 Å². The third kappa shape index (κ3) is 4.74. The molecule has 1 saturated heterocycles. The van der Waals surface area contributed by atoms with Crippen molar-refractivity contribution < 1.29 is 4.79 Å². The molecule has 0 unspecified atom stereocenters. The molecule has 0 saturated carbocycles. The van der Waals surface area contributed by atoms with E-state index in [-0.39, 0.29) is 5.91 Å². The number of hydrogen-bond acceptors (Lipinski definition) is 3. The molecule has 0 aromatic heterocycles. The predicted molar refractivity (Wildman–Crippen MR) is 87.4 cm³/mol. The average Bonchev–Trinajstić information content (AvgIpc) is 2.48. The number of carbonyl (C=O) groups is 1. The van der Waals surface area contributed by atoms with Gasteiger partial charge in [0.05, 0.1) is 0 Å². The van der Waals surface area contributed by atoms with Gasteiger partial charge < -0.3 is 16.0 Å². The Bertz CT molecular complexity index is 479. The van der Waals surface area contributed by atoms with Crippen molar-refractivity contribution >= 4 is 11.6 Å². The van der Waals surface area contributed by atoms with E-state index in [0.717, 1.165) is 31.0 Å². The highest BCUT2D eigenvalue weighted by Crippen LogP contribution is 2.16. The van der Waals surface area contributed by atoms with Crippen LogP contribution in [-0.4, -0.2) is 37.0 Å². The molecule has 3 N–H and O–H groups in total. The second-order valence-electron chi connectivity index (χ2n) is 6.20. The Morgan fingerprint density at radius 3 is 2.76 bits per heavy atom. The first-order chi connectivity index (χ1) is 10.1. The van der Waals surface area contributed by atoms with Crippen LogP contribution in [0.25, 0.3) is 0 Å². The molecule has 4 heteroatoms. The molecular weight excluding hydrogens is 262 g/mol. The Hall–Kier alpha value is -1.55. The van der Waals surface area contributed by atoms with E-state index in [1.807, 2.05) is 19.1 Å². The summed E-state index contributed by atoms with van der Waals surface area (Å²) in [6.45, 7) is 8.45. The van der Waals surface area contributed by atoms with Gasteiger partial charge in [-0.25, -0.2) is 0 Å². The molecule has 4 nitrogen and oxygen atoms in total. The summed E-state index contributed by atoms with van der Waals surface area (Å²) in [5, 5.41) is 2.97. The Balaban J connectivity index is 1.68. The zero-order valence-corrected chi connectivity index (χ0v) is 13.2. The van der Waals surface area contributed by atoms with Crippen LogP contribution in [-0.2, 0) is 0 Å². The minimum absolute atomic E-state index is 0.0334. The SMILES string of the molecule is Cc1ccc(C(=O)NCCCN2CCC(C)CC2)cc1N. The smallest absolute Gasteiger partial charge is 0.251 e. The van der Waals surface area contributed by atoms with Crippen LogP contribution >= 0.6 is 0 Å². The Morgan fingerprint density at radius 1 is 1.38 bits per heavy atom. The van der Waals surface area contributed by atoms with E-state index in [9.17, 15) is 4.79 Å². The van der Waals surface area contributed by atoms with E-state index in [1.54, 1.807) is 6.07 Å². The van der Waals surface area contributed by atoms with Crippen LogP contribution in [0.3, 0.4) is 0 Å². The highest BCUT2D eigenvalue weighted by atomic mass is 16.1. The van der Waals surface area contributed by atoms with Crippen LogP contribution in [0.2, 0.25) is 0 Å². The molecule has 1 aromatic rings. The molecule has 1 amide bonds. The summed E-state index contributed by atoms with van der Waals surface area (Å²) in [6.07, 6.45) is 3.60. The van der Waals surface area contributed by atoms with Crippen molar-refractivity contribution in [2.75, 3.05) is 31.9 Å². The Kier molecular flexibility index (Phi) is 5.62. The van der Waals surface area contributed by atoms with Gasteiger partial charge in [0.15, 0.2) is 0 Å². The molecule has 21 heavy (non-hydrogen) atoms. The number of nitrogens with two attached hydrogens (primary N) is 1. The van der Waals surface area contributed by atoms with E-state index >= 15 is 0 Å². The van der Waals surface area contributed by atoms with Crippen molar-refractivity contribution in [1.29, 1.82) is 0 Å². The van der Waals surface area contributed by atoms with Crippen molar-refractivity contribution in [2.24, 2.45) is 5.92 Å². The fourth-order valence-corrected chi connectivity index (χ4v) is 2.67. The van der Waals surface area contributed by atoms with Gasteiger partial charge in [-0.05, 0) is 69.4 Å². The fourth-order valence-electron chi connectivity index (χ4n) is 2.67. The summed E-state index contributed by atoms with van der Waals surface area (Å²) in [7, 11) is 0. The van der Waals surface area contributed by atoms with Gasteiger partial charge in [-0.15, -0.1) is 0 Å². The van der Waals surface area contributed by atoms with Gasteiger partial charge in [0.1, 0.15) is 0 Å². The minimum Gasteiger partial charge on any atom is -0.398 e. The first-order valence-corrected chi connectivity index (χ1v) is 7.93. The quantitative estimate of drug-likeness (QED) is 0.646. The number of piperidine rings is 1. The largest absolute Gasteiger partial charge is 0.398 e. The second-order valence-corrected chi connectivity index (χ2v) is 6.20. The molecule has 1 aliphatic rings. The number of aryl methyl sites for hydroxylation is 1. The van der Waals surface area contributed by atoms with Crippen LogP contribution in [0.4, 0.5) is 5.69 Å². The summed E-state index contributed by atoms with van der Waals surface area (Å²) in [5.41, 5.74) is 8.16. The van der Waals surface area contributed by atoms with Crippen molar-refractivity contribution in [2.45, 2.75) is 33.1 Å². The molecule has 1 heterocycles. The Morgan fingerprint density at radius 2 is 2.10 bits per heavy atom. The van der Waals surface area contributed by atoms with Crippen molar-refractivity contribution in [3.05, 3.63) is 29.3 Å². The normalized spacial score (nSPS) is 16.9. The van der Waals surface area contributed by atoms with Gasteiger partial charge in [0.25, 0.3) is 5.91 Å². The van der Waals surface area contributed by atoms with Gasteiger partial charge in [0, 0.05) is 17.8 Å². The molecule has 0 radical (unpaired) electrons. The number of nitrogens with zero attached hydrogens (tertiary/aromatic N) is 1. The lowest BCUT2D eigenvalue weighted by Gasteiger charge is -2.30. The third-order valence-electron chi connectivity index (χ3n) is 4.35. The van der Waals surface area contributed by atoms with Crippen molar-refractivity contribution in [1.82, 2.24) is 10.2 Å². The minimum atomic E-state index is -0.0334. The van der Waals surface area contributed by atoms with Gasteiger partial charge >= 0.3 is 0 Å². The van der Waals surface area contributed by atoms with Gasteiger partial charge in [-0.3, -0.25) is 4.79 Å². The molecule has 116 valence electrons. The van der Waals surface area contributed by atoms with Gasteiger partial charge in [-0.2, -0.15) is 0 Å². The number of carbonyl (C=O) groups excluding carboxylic acids is 1. The van der Waals surface area contributed by atoms with E-state index in [0.29, 0.717) is 11.3 Å².